The van der Waals surface area contributed by atoms with E-state index in [4.69, 9.17) is 4.74 Å². The summed E-state index contributed by atoms with van der Waals surface area (Å²) in [4.78, 5) is 0. The van der Waals surface area contributed by atoms with Gasteiger partial charge in [-0.05, 0) is 19.3 Å². The number of ether oxygens (including phenoxy) is 1. The Bertz CT molecular complexity index is 289. The first kappa shape index (κ1) is 17.8. The first-order chi connectivity index (χ1) is 8.47. The standard InChI is InChI=1S/C11H26N2O4S/c1-4-8-13(9-5-2)18(15,16)12-7-6-11(14)10-17-3/h11-12,14H,4-10H2,1-3H3. The molecule has 0 rings (SSSR count). The Balaban J connectivity index is 4.18. The van der Waals surface area contributed by atoms with E-state index in [9.17, 15) is 13.5 Å². The fourth-order valence-corrected chi connectivity index (χ4v) is 2.98. The molecule has 0 aliphatic carbocycles. The average Bonchev–Trinajstić information content (AvgIpc) is 2.29. The van der Waals surface area contributed by atoms with Crippen molar-refractivity contribution in [3.8, 4) is 0 Å². The second-order valence-electron chi connectivity index (χ2n) is 4.20. The molecule has 0 heterocycles. The van der Waals surface area contributed by atoms with Crippen LogP contribution in [-0.4, -0.2) is 57.3 Å². The van der Waals surface area contributed by atoms with Crippen molar-refractivity contribution in [1.29, 1.82) is 0 Å². The third-order valence-corrected chi connectivity index (χ3v) is 4.02. The summed E-state index contributed by atoms with van der Waals surface area (Å²) in [5.41, 5.74) is 0. The lowest BCUT2D eigenvalue weighted by molar-refractivity contribution is 0.0603. The molecule has 0 aromatic heterocycles. The molecule has 0 aromatic carbocycles. The highest BCUT2D eigenvalue weighted by atomic mass is 32.2. The largest absolute Gasteiger partial charge is 0.391 e. The number of rotatable bonds is 11. The molecular formula is C11H26N2O4S. The van der Waals surface area contributed by atoms with Crippen LogP contribution in [0.5, 0.6) is 0 Å². The summed E-state index contributed by atoms with van der Waals surface area (Å²) in [5, 5.41) is 9.42. The van der Waals surface area contributed by atoms with Crippen molar-refractivity contribution in [2.75, 3.05) is 33.4 Å². The van der Waals surface area contributed by atoms with Gasteiger partial charge in [-0.25, -0.2) is 4.72 Å². The molecule has 6 nitrogen and oxygen atoms in total. The van der Waals surface area contributed by atoms with E-state index in [1.54, 1.807) is 0 Å². The lowest BCUT2D eigenvalue weighted by atomic mass is 10.3. The van der Waals surface area contributed by atoms with Crippen LogP contribution in [0.15, 0.2) is 0 Å². The molecule has 0 bridgehead atoms. The van der Waals surface area contributed by atoms with Gasteiger partial charge in [0.1, 0.15) is 0 Å². The average molecular weight is 282 g/mol. The Morgan fingerprint density at radius 3 is 2.28 bits per heavy atom. The minimum Gasteiger partial charge on any atom is -0.391 e. The molecule has 110 valence electrons. The lowest BCUT2D eigenvalue weighted by Gasteiger charge is -2.21. The molecule has 18 heavy (non-hydrogen) atoms. The minimum atomic E-state index is -3.43. The Hall–Kier alpha value is -0.210. The van der Waals surface area contributed by atoms with Crippen LogP contribution in [0.25, 0.3) is 0 Å². The van der Waals surface area contributed by atoms with Gasteiger partial charge in [-0.2, -0.15) is 12.7 Å². The first-order valence-corrected chi connectivity index (χ1v) is 7.83. The molecular weight excluding hydrogens is 256 g/mol. The van der Waals surface area contributed by atoms with E-state index in [1.807, 2.05) is 13.8 Å². The minimum absolute atomic E-state index is 0.218. The normalized spacial score (nSPS) is 14.1. The molecule has 0 radical (unpaired) electrons. The van der Waals surface area contributed by atoms with E-state index in [0.717, 1.165) is 12.8 Å². The molecule has 0 aliphatic rings. The third kappa shape index (κ3) is 7.27. The van der Waals surface area contributed by atoms with E-state index < -0.39 is 16.3 Å². The highest BCUT2D eigenvalue weighted by Crippen LogP contribution is 2.02. The van der Waals surface area contributed by atoms with Gasteiger partial charge in [0.25, 0.3) is 10.2 Å². The van der Waals surface area contributed by atoms with Gasteiger partial charge in [-0.15, -0.1) is 0 Å². The number of aliphatic hydroxyl groups is 1. The number of hydrogen-bond acceptors (Lipinski definition) is 4. The van der Waals surface area contributed by atoms with E-state index in [2.05, 4.69) is 4.72 Å². The predicted molar refractivity (Wildman–Crippen MR) is 71.6 cm³/mol. The Morgan fingerprint density at radius 1 is 1.28 bits per heavy atom. The second kappa shape index (κ2) is 9.69. The maximum absolute atomic E-state index is 12.0. The van der Waals surface area contributed by atoms with Crippen molar-refractivity contribution in [3.05, 3.63) is 0 Å². The number of hydrogen-bond donors (Lipinski definition) is 2. The highest BCUT2D eigenvalue weighted by Gasteiger charge is 2.19. The van der Waals surface area contributed by atoms with Crippen LogP contribution in [0.1, 0.15) is 33.1 Å². The van der Waals surface area contributed by atoms with Crippen molar-refractivity contribution < 1.29 is 18.3 Å². The van der Waals surface area contributed by atoms with Crippen LogP contribution in [-0.2, 0) is 14.9 Å². The van der Waals surface area contributed by atoms with Crippen molar-refractivity contribution in [1.82, 2.24) is 9.03 Å². The van der Waals surface area contributed by atoms with Crippen LogP contribution in [0.3, 0.4) is 0 Å². The lowest BCUT2D eigenvalue weighted by Crippen LogP contribution is -2.42. The van der Waals surface area contributed by atoms with Crippen molar-refractivity contribution in [3.63, 3.8) is 0 Å². The Kier molecular flexibility index (Phi) is 9.57. The van der Waals surface area contributed by atoms with E-state index in [0.29, 0.717) is 19.5 Å². The molecule has 7 heteroatoms. The monoisotopic (exact) mass is 282 g/mol. The van der Waals surface area contributed by atoms with Crippen LogP contribution >= 0.6 is 0 Å². The maximum Gasteiger partial charge on any atom is 0.279 e. The number of aliphatic hydroxyl groups excluding tert-OH is 1. The zero-order chi connectivity index (χ0) is 14.0. The Morgan fingerprint density at radius 2 is 1.83 bits per heavy atom. The first-order valence-electron chi connectivity index (χ1n) is 6.39. The van der Waals surface area contributed by atoms with E-state index in [-0.39, 0.29) is 13.2 Å². The summed E-state index contributed by atoms with van der Waals surface area (Å²) in [6.07, 6.45) is 1.28. The van der Waals surface area contributed by atoms with Crippen LogP contribution in [0.4, 0.5) is 0 Å². The summed E-state index contributed by atoms with van der Waals surface area (Å²) in [7, 11) is -1.93. The predicted octanol–water partition coefficient (Wildman–Crippen LogP) is 0.340. The van der Waals surface area contributed by atoms with Gasteiger partial charge >= 0.3 is 0 Å². The van der Waals surface area contributed by atoms with Crippen LogP contribution in [0, 0.1) is 0 Å². The van der Waals surface area contributed by atoms with Crippen molar-refractivity contribution in [2.45, 2.75) is 39.2 Å². The maximum atomic E-state index is 12.0. The van der Waals surface area contributed by atoms with Gasteiger partial charge in [0.05, 0.1) is 12.7 Å². The summed E-state index contributed by atoms with van der Waals surface area (Å²) >= 11 is 0. The molecule has 0 saturated carbocycles. The van der Waals surface area contributed by atoms with Gasteiger partial charge in [0.15, 0.2) is 0 Å². The van der Waals surface area contributed by atoms with Gasteiger partial charge in [-0.3, -0.25) is 0 Å². The third-order valence-electron chi connectivity index (χ3n) is 2.41. The number of nitrogens with zero attached hydrogens (tertiary/aromatic N) is 1. The summed E-state index contributed by atoms with van der Waals surface area (Å²) < 4.78 is 32.6. The summed E-state index contributed by atoms with van der Waals surface area (Å²) in [6.45, 7) is 5.36. The van der Waals surface area contributed by atoms with Gasteiger partial charge < -0.3 is 9.84 Å². The number of methoxy groups -OCH3 is 1. The molecule has 0 aromatic rings. The topological polar surface area (TPSA) is 78.9 Å². The molecule has 1 unspecified atom stereocenters. The van der Waals surface area contributed by atoms with Gasteiger partial charge in [0, 0.05) is 26.7 Å². The van der Waals surface area contributed by atoms with Gasteiger partial charge in [-0.1, -0.05) is 13.8 Å². The fraction of sp³-hybridized carbons (Fsp3) is 1.00. The molecule has 0 amide bonds. The molecule has 0 saturated heterocycles. The summed E-state index contributed by atoms with van der Waals surface area (Å²) in [5.74, 6) is 0. The molecule has 2 N–H and O–H groups in total. The highest BCUT2D eigenvalue weighted by molar-refractivity contribution is 7.87. The fourth-order valence-electron chi connectivity index (χ4n) is 1.57. The molecule has 0 fully saturated rings. The van der Waals surface area contributed by atoms with Crippen molar-refractivity contribution >= 4 is 10.2 Å². The zero-order valence-corrected chi connectivity index (χ0v) is 12.4. The molecule has 0 aliphatic heterocycles. The smallest absolute Gasteiger partial charge is 0.279 e. The molecule has 0 spiro atoms. The van der Waals surface area contributed by atoms with E-state index >= 15 is 0 Å². The number of nitrogens with one attached hydrogen (secondary N) is 1. The second-order valence-corrected chi connectivity index (χ2v) is 5.95. The van der Waals surface area contributed by atoms with Crippen LogP contribution < -0.4 is 4.72 Å². The molecule has 1 atom stereocenters. The van der Waals surface area contributed by atoms with Crippen molar-refractivity contribution in [2.24, 2.45) is 0 Å². The SMILES string of the molecule is CCCN(CCC)S(=O)(=O)NCCC(O)COC. The van der Waals surface area contributed by atoms with Gasteiger partial charge in [0.2, 0.25) is 0 Å². The van der Waals surface area contributed by atoms with Crippen LogP contribution in [0.2, 0.25) is 0 Å². The quantitative estimate of drug-likeness (QED) is 0.573. The van der Waals surface area contributed by atoms with E-state index in [1.165, 1.54) is 11.4 Å². The Labute approximate surface area is 111 Å². The zero-order valence-electron chi connectivity index (χ0n) is 11.6. The summed E-state index contributed by atoms with van der Waals surface area (Å²) in [6, 6.07) is 0.